The summed E-state index contributed by atoms with van der Waals surface area (Å²) in [6.45, 7) is 1.16. The number of aliphatic hydroxyl groups is 2. The molecule has 2 aliphatic heterocycles. The fourth-order valence-electron chi connectivity index (χ4n) is 3.80. The molecule has 2 saturated heterocycles. The summed E-state index contributed by atoms with van der Waals surface area (Å²) in [7, 11) is -1.34. The number of para-hydroxylation sites is 1. The van der Waals surface area contributed by atoms with E-state index in [0.29, 0.717) is 29.8 Å². The molecule has 0 amide bonds. The third-order valence-electron chi connectivity index (χ3n) is 6.27. The number of benzene rings is 2. The quantitative estimate of drug-likeness (QED) is 0.132. The number of nitrogens with zero attached hydrogens (tertiary/aromatic N) is 1. The van der Waals surface area contributed by atoms with E-state index in [4.69, 9.17) is 19.5 Å². The Hall–Kier alpha value is -3.08. The third-order valence-corrected chi connectivity index (χ3v) is 6.27. The van der Waals surface area contributed by atoms with Gasteiger partial charge in [0.25, 0.3) is 5.56 Å². The van der Waals surface area contributed by atoms with Gasteiger partial charge >= 0.3 is 7.12 Å². The van der Waals surface area contributed by atoms with E-state index >= 15 is 0 Å². The molecule has 4 heterocycles. The van der Waals surface area contributed by atoms with Crippen LogP contribution in [-0.2, 0) is 41.7 Å². The number of pyridine rings is 2. The van der Waals surface area contributed by atoms with Gasteiger partial charge < -0.3 is 42.1 Å². The van der Waals surface area contributed by atoms with Crippen molar-refractivity contribution in [2.24, 2.45) is 0 Å². The van der Waals surface area contributed by atoms with Crippen molar-refractivity contribution in [3.8, 4) is 5.69 Å². The molecule has 0 atom stereocenters. The minimum atomic E-state index is -1.34. The van der Waals surface area contributed by atoms with Gasteiger partial charge in [0.1, 0.15) is 11.2 Å². The van der Waals surface area contributed by atoms with Crippen LogP contribution in [0.5, 0.6) is 0 Å². The molecular weight excluding hydrogens is 710 g/mol. The molecule has 13 heteroatoms. The van der Waals surface area contributed by atoms with Crippen LogP contribution >= 0.6 is 0 Å². The van der Waals surface area contributed by atoms with Crippen LogP contribution in [0.3, 0.4) is 0 Å². The van der Waals surface area contributed by atoms with Gasteiger partial charge in [-0.25, -0.2) is 0 Å². The molecule has 0 unspecified atom stereocenters. The second-order valence-corrected chi connectivity index (χ2v) is 9.24. The molecule has 224 valence electrons. The number of nitrogens with one attached hydrogen (secondary N) is 1. The Kier molecular flexibility index (Phi) is 14.5. The Morgan fingerprint density at radius 3 is 1.67 bits per heavy atom. The second-order valence-electron chi connectivity index (χ2n) is 9.24. The van der Waals surface area contributed by atoms with Crippen LogP contribution in [-0.4, -0.2) is 71.8 Å². The molecule has 2 aromatic heterocycles. The normalized spacial score (nSPS) is 15.0. The van der Waals surface area contributed by atoms with Crippen molar-refractivity contribution in [2.45, 2.75) is 11.2 Å². The van der Waals surface area contributed by atoms with Crippen molar-refractivity contribution in [3.05, 3.63) is 137 Å². The van der Waals surface area contributed by atoms with Gasteiger partial charge in [0.15, 0.2) is 0 Å². The first-order valence-electron chi connectivity index (χ1n) is 12.2. The smallest absolute Gasteiger partial charge is 0.423 e. The van der Waals surface area contributed by atoms with E-state index < -0.39 is 18.3 Å². The van der Waals surface area contributed by atoms with E-state index in [-0.39, 0.29) is 61.2 Å². The molecule has 2 aromatic carbocycles. The largest absolute Gasteiger partial charge is 0.488 e. The Bertz CT molecular complexity index is 1460. The molecule has 0 spiro atoms. The summed E-state index contributed by atoms with van der Waals surface area (Å²) in [6, 6.07) is 24.1. The molecular formula is C29H36B2N2O8W-2. The second kappa shape index (κ2) is 16.5. The minimum Gasteiger partial charge on any atom is -0.423 e. The van der Waals surface area contributed by atoms with E-state index in [2.05, 4.69) is 4.98 Å². The van der Waals surface area contributed by atoms with Gasteiger partial charge in [-0.1, -0.05) is 56.9 Å². The van der Waals surface area contributed by atoms with E-state index in [1.807, 2.05) is 36.4 Å². The first kappa shape index (κ1) is 36.9. The maximum Gasteiger partial charge on any atom is 0.488 e. The van der Waals surface area contributed by atoms with Gasteiger partial charge in [-0.15, -0.1) is 0 Å². The Morgan fingerprint density at radius 2 is 1.24 bits per heavy atom. The predicted octanol–water partition coefficient (Wildman–Crippen LogP) is -0.989. The van der Waals surface area contributed by atoms with Gasteiger partial charge in [0.05, 0.1) is 26.4 Å². The zero-order valence-electron chi connectivity index (χ0n) is 22.4. The van der Waals surface area contributed by atoms with Gasteiger partial charge in [0, 0.05) is 62.4 Å². The van der Waals surface area contributed by atoms with Gasteiger partial charge in [0.2, 0.25) is 5.56 Å². The van der Waals surface area contributed by atoms with Gasteiger partial charge in [-0.3, -0.25) is 14.2 Å². The van der Waals surface area contributed by atoms with Crippen LogP contribution in [0.15, 0.2) is 107 Å². The summed E-state index contributed by atoms with van der Waals surface area (Å²) < 4.78 is 11.4. The number of aromatic amines is 1. The van der Waals surface area contributed by atoms with E-state index in [0.717, 1.165) is 5.69 Å². The van der Waals surface area contributed by atoms with Crippen LogP contribution in [0.1, 0.15) is 11.1 Å². The summed E-state index contributed by atoms with van der Waals surface area (Å²) in [5.74, 6) is 0. The number of hydrogen-bond acceptors (Lipinski definition) is 8. The number of hydrogen-bond donors (Lipinski definition) is 5. The molecule has 4 aromatic rings. The van der Waals surface area contributed by atoms with Crippen molar-refractivity contribution in [1.82, 2.24) is 9.55 Å². The van der Waals surface area contributed by atoms with Crippen molar-refractivity contribution in [2.75, 3.05) is 26.4 Å². The average molecular weight is 746 g/mol. The predicted molar refractivity (Wildman–Crippen MR) is 163 cm³/mol. The molecule has 5 N–H and O–H groups in total. The Balaban J connectivity index is 0.000000323. The summed E-state index contributed by atoms with van der Waals surface area (Å²) in [5.41, 5.74) is 0.599. The number of aromatic nitrogens is 2. The van der Waals surface area contributed by atoms with E-state index in [9.17, 15) is 19.8 Å². The fraction of sp³-hybridized carbons (Fsp3) is 0.207. The zero-order valence-corrected chi connectivity index (χ0v) is 25.4. The number of rotatable bonds is 4. The van der Waals surface area contributed by atoms with E-state index in [1.165, 1.54) is 22.9 Å². The fourth-order valence-corrected chi connectivity index (χ4v) is 3.80. The molecule has 42 heavy (non-hydrogen) atoms. The van der Waals surface area contributed by atoms with Crippen molar-refractivity contribution in [3.63, 3.8) is 0 Å². The standard InChI is InChI=1S/C14H13NO3.C8H9NO3.C6H7BO2.CH3.BH4.W/c16-13-7-6-11(14(17)9-18-10-14)8-15(13)12-4-2-1-3-5-12;10-7-2-1-6(3-9-7)8(11)4-12-5-8;8-7(9)6-4-2-1-3-5-6;;;/h1-8,17H,9-10H2;1-3,11H,4-5H2,(H,9,10);1-5,8-9H;1H3;1H4;/q;;;2*-1;. The number of H-pyrrole nitrogens is 1. The summed E-state index contributed by atoms with van der Waals surface area (Å²) in [5, 5.41) is 37.1. The molecule has 10 nitrogen and oxygen atoms in total. The number of ether oxygens (including phenoxy) is 2. The molecule has 2 aliphatic rings. The summed E-state index contributed by atoms with van der Waals surface area (Å²) in [6.07, 6.45) is 3.20. The van der Waals surface area contributed by atoms with Crippen LogP contribution in [0.2, 0.25) is 0 Å². The maximum atomic E-state index is 11.9. The summed E-state index contributed by atoms with van der Waals surface area (Å²) >= 11 is 0. The molecule has 0 aliphatic carbocycles. The zero-order chi connectivity index (χ0) is 27.9. The monoisotopic (exact) mass is 746 g/mol. The Morgan fingerprint density at radius 1 is 0.738 bits per heavy atom. The van der Waals surface area contributed by atoms with Crippen molar-refractivity contribution >= 4 is 21.0 Å². The topological polar surface area (TPSA) is 154 Å². The van der Waals surface area contributed by atoms with Crippen molar-refractivity contribution < 1.29 is 50.8 Å². The summed E-state index contributed by atoms with van der Waals surface area (Å²) in [4.78, 5) is 25.0. The molecule has 0 saturated carbocycles. The average Bonchev–Trinajstić information content (AvgIpc) is 2.93. The molecule has 6 rings (SSSR count). The van der Waals surface area contributed by atoms with Gasteiger partial charge in [-0.05, 0) is 29.7 Å². The van der Waals surface area contributed by atoms with Crippen LogP contribution in [0.25, 0.3) is 5.69 Å². The first-order chi connectivity index (χ1) is 18.7. The van der Waals surface area contributed by atoms with Crippen LogP contribution in [0, 0.1) is 7.43 Å². The van der Waals surface area contributed by atoms with Crippen molar-refractivity contribution in [1.29, 1.82) is 0 Å². The Labute approximate surface area is 260 Å². The van der Waals surface area contributed by atoms with Crippen LogP contribution < -0.4 is 16.6 Å². The SMILES string of the molecule is O=c1ccc(C2(O)COC2)c[nH]1.O=c1ccc(C2(O)COC2)cn1-c1ccccc1.OB(O)c1ccccc1.[BH4-].[CH3-].[W]. The van der Waals surface area contributed by atoms with E-state index in [1.54, 1.807) is 42.6 Å². The third kappa shape index (κ3) is 9.21. The van der Waals surface area contributed by atoms with Gasteiger partial charge in [-0.2, -0.15) is 0 Å². The molecule has 2 fully saturated rings. The minimum absolute atomic E-state index is 0. The maximum absolute atomic E-state index is 11.9. The molecule has 0 bridgehead atoms. The first-order valence-corrected chi connectivity index (χ1v) is 12.2. The molecule has 0 radical (unpaired) electrons. The van der Waals surface area contributed by atoms with Crippen LogP contribution in [0.4, 0.5) is 0 Å².